The zero-order valence-corrected chi connectivity index (χ0v) is 45.2. The second-order valence-corrected chi connectivity index (χ2v) is 21.1. The second kappa shape index (κ2) is 55.7. The molecule has 5 N–H and O–H groups in total. The number of unbranched alkanes of at least 4 members (excludes halogenated alkanes) is 43. The van der Waals surface area contributed by atoms with Gasteiger partial charge in [-0.2, -0.15) is 0 Å². The lowest BCUT2D eigenvalue weighted by Crippen LogP contribution is -2.53. The van der Waals surface area contributed by atoms with Crippen molar-refractivity contribution in [2.75, 3.05) is 6.61 Å². The van der Waals surface area contributed by atoms with Gasteiger partial charge in [-0.25, -0.2) is 0 Å². The number of aliphatic hydroxyl groups is 4. The summed E-state index contributed by atoms with van der Waals surface area (Å²) >= 11 is 0. The fourth-order valence-electron chi connectivity index (χ4n) is 9.67. The zero-order valence-electron chi connectivity index (χ0n) is 45.2. The number of allylic oxidation sites excluding steroid dienone is 4. The van der Waals surface area contributed by atoms with Gasteiger partial charge in [0.05, 0.1) is 18.8 Å². The predicted octanol–water partition coefficient (Wildman–Crippen LogP) is 17.8. The number of carbonyl (C=O) groups excluding carboxylic acids is 1. The van der Waals surface area contributed by atoms with Crippen LogP contribution >= 0.6 is 0 Å². The number of hydrogen-bond acceptors (Lipinski definition) is 5. The summed E-state index contributed by atoms with van der Waals surface area (Å²) in [6.45, 7) is 4.09. The summed E-state index contributed by atoms with van der Waals surface area (Å²) in [5.74, 6) is -0.581. The van der Waals surface area contributed by atoms with Gasteiger partial charge in [0.1, 0.15) is 12.2 Å². The summed E-state index contributed by atoms with van der Waals surface area (Å²) in [5, 5.41) is 44.1. The molecule has 0 spiro atoms. The van der Waals surface area contributed by atoms with Gasteiger partial charge in [-0.05, 0) is 44.9 Å². The third-order valence-corrected chi connectivity index (χ3v) is 14.4. The smallest absolute Gasteiger partial charge is 0.249 e. The molecule has 1 amide bonds. The summed E-state index contributed by atoms with van der Waals surface area (Å²) in [4.78, 5) is 12.6. The van der Waals surface area contributed by atoms with E-state index < -0.39 is 36.9 Å². The van der Waals surface area contributed by atoms with Gasteiger partial charge in [0.25, 0.3) is 0 Å². The summed E-state index contributed by atoms with van der Waals surface area (Å²) in [7, 11) is 0. The standard InChI is InChI=1S/C61H119NO5/c1-3-5-7-9-11-13-15-17-19-21-23-25-27-29-31-33-35-37-39-41-43-45-47-49-51-53-55-59(65)61(67)62-57(56-63)60(66)58(64)54-52-50-48-46-44-42-40-38-36-34-32-30-28-26-24-22-20-18-16-14-12-10-8-6-4-2/h23,25,29,31,57-60,63-66H,3-22,24,26-28,30,32-56H2,1-2H3,(H,62,67)/b25-23-,31-29-. The molecule has 0 aromatic heterocycles. The number of amides is 1. The molecule has 6 nitrogen and oxygen atoms in total. The van der Waals surface area contributed by atoms with E-state index in [2.05, 4.69) is 43.5 Å². The number of hydrogen-bond donors (Lipinski definition) is 5. The van der Waals surface area contributed by atoms with Crippen LogP contribution < -0.4 is 5.32 Å². The lowest BCUT2D eigenvalue weighted by Gasteiger charge is -2.27. The van der Waals surface area contributed by atoms with Gasteiger partial charge in [0.2, 0.25) is 5.91 Å². The fourth-order valence-corrected chi connectivity index (χ4v) is 9.67. The van der Waals surface area contributed by atoms with E-state index in [1.807, 2.05) is 0 Å². The van der Waals surface area contributed by atoms with Crippen LogP contribution in [-0.2, 0) is 4.79 Å². The third-order valence-electron chi connectivity index (χ3n) is 14.4. The van der Waals surface area contributed by atoms with E-state index in [-0.39, 0.29) is 0 Å². The third kappa shape index (κ3) is 49.6. The van der Waals surface area contributed by atoms with Crippen molar-refractivity contribution in [1.82, 2.24) is 5.32 Å². The molecule has 4 unspecified atom stereocenters. The summed E-state index contributed by atoms with van der Waals surface area (Å²) in [6.07, 6.45) is 68.2. The maximum atomic E-state index is 12.6. The molecular weight excluding hydrogens is 827 g/mol. The van der Waals surface area contributed by atoms with E-state index in [1.54, 1.807) is 0 Å². The Bertz CT molecular complexity index is 1020. The van der Waals surface area contributed by atoms with Crippen molar-refractivity contribution in [3.8, 4) is 0 Å². The largest absolute Gasteiger partial charge is 0.394 e. The van der Waals surface area contributed by atoms with Crippen molar-refractivity contribution in [3.63, 3.8) is 0 Å². The van der Waals surface area contributed by atoms with Gasteiger partial charge in [0.15, 0.2) is 0 Å². The highest BCUT2D eigenvalue weighted by atomic mass is 16.3. The molecule has 0 saturated heterocycles. The monoisotopic (exact) mass is 946 g/mol. The van der Waals surface area contributed by atoms with Crippen molar-refractivity contribution < 1.29 is 25.2 Å². The number of rotatable bonds is 56. The van der Waals surface area contributed by atoms with Gasteiger partial charge >= 0.3 is 0 Å². The highest BCUT2D eigenvalue weighted by Crippen LogP contribution is 2.18. The van der Waals surface area contributed by atoms with Crippen molar-refractivity contribution >= 4 is 5.91 Å². The molecule has 0 saturated carbocycles. The number of carbonyl (C=O) groups is 1. The Morgan fingerprint density at radius 1 is 0.373 bits per heavy atom. The lowest BCUT2D eigenvalue weighted by atomic mass is 9.99. The molecule has 0 aromatic rings. The van der Waals surface area contributed by atoms with Crippen LogP contribution in [0.25, 0.3) is 0 Å². The van der Waals surface area contributed by atoms with Gasteiger partial charge in [0, 0.05) is 0 Å². The van der Waals surface area contributed by atoms with Crippen LogP contribution in [0.2, 0.25) is 0 Å². The molecule has 0 fully saturated rings. The predicted molar refractivity (Wildman–Crippen MR) is 293 cm³/mol. The van der Waals surface area contributed by atoms with E-state index in [1.165, 1.54) is 257 Å². The topological polar surface area (TPSA) is 110 Å². The minimum atomic E-state index is -1.26. The van der Waals surface area contributed by atoms with Crippen LogP contribution in [0, 0.1) is 0 Å². The highest BCUT2D eigenvalue weighted by molar-refractivity contribution is 5.80. The summed E-state index contributed by atoms with van der Waals surface area (Å²) in [6, 6.07) is -0.987. The fraction of sp³-hybridized carbons (Fsp3) is 0.918. The minimum Gasteiger partial charge on any atom is -0.394 e. The van der Waals surface area contributed by atoms with Crippen LogP contribution in [0.4, 0.5) is 0 Å². The normalized spacial score (nSPS) is 13.8. The number of nitrogens with one attached hydrogen (secondary N) is 1. The minimum absolute atomic E-state index is 0.367. The summed E-state index contributed by atoms with van der Waals surface area (Å²) < 4.78 is 0. The van der Waals surface area contributed by atoms with Crippen molar-refractivity contribution in [3.05, 3.63) is 24.3 Å². The van der Waals surface area contributed by atoms with Crippen molar-refractivity contribution in [2.24, 2.45) is 0 Å². The average Bonchev–Trinajstić information content (AvgIpc) is 3.33. The van der Waals surface area contributed by atoms with Crippen molar-refractivity contribution in [2.45, 2.75) is 353 Å². The van der Waals surface area contributed by atoms with Gasteiger partial charge in [-0.3, -0.25) is 4.79 Å². The van der Waals surface area contributed by atoms with Crippen LogP contribution in [-0.4, -0.2) is 57.3 Å². The van der Waals surface area contributed by atoms with Gasteiger partial charge in [-0.1, -0.05) is 308 Å². The lowest BCUT2D eigenvalue weighted by molar-refractivity contribution is -0.132. The van der Waals surface area contributed by atoms with E-state index in [0.717, 1.165) is 44.9 Å². The Labute approximate surface area is 418 Å². The van der Waals surface area contributed by atoms with Crippen LogP contribution in [0.1, 0.15) is 328 Å². The first kappa shape index (κ1) is 65.8. The molecule has 398 valence electrons. The SMILES string of the molecule is CCCCCCCCCCC/C=C\C/C=C\CCCCCCCCCCCCC(O)C(=O)NC(CO)C(O)C(O)CCCCCCCCCCCCCCCCCCCCCCCCCCC. The second-order valence-electron chi connectivity index (χ2n) is 21.1. The maximum absolute atomic E-state index is 12.6. The molecule has 0 aliphatic carbocycles. The van der Waals surface area contributed by atoms with Crippen LogP contribution in [0.15, 0.2) is 24.3 Å². The maximum Gasteiger partial charge on any atom is 0.249 e. The Hall–Kier alpha value is -1.21. The van der Waals surface area contributed by atoms with Gasteiger partial charge < -0.3 is 25.7 Å². The molecule has 0 aromatic carbocycles. The summed E-state index contributed by atoms with van der Waals surface area (Å²) in [5.41, 5.74) is 0. The first-order valence-electron chi connectivity index (χ1n) is 30.2. The quantitative estimate of drug-likeness (QED) is 0.0308. The zero-order chi connectivity index (χ0) is 48.8. The average molecular weight is 947 g/mol. The van der Waals surface area contributed by atoms with E-state index in [0.29, 0.717) is 12.8 Å². The van der Waals surface area contributed by atoms with E-state index in [4.69, 9.17) is 0 Å². The Morgan fingerprint density at radius 3 is 0.940 bits per heavy atom. The molecule has 0 aliphatic rings. The van der Waals surface area contributed by atoms with E-state index in [9.17, 15) is 25.2 Å². The molecule has 0 heterocycles. The van der Waals surface area contributed by atoms with E-state index >= 15 is 0 Å². The Balaban J connectivity index is 3.61. The Kier molecular flexibility index (Phi) is 54.7. The molecule has 67 heavy (non-hydrogen) atoms. The molecule has 6 heteroatoms. The molecule has 0 aliphatic heterocycles. The van der Waals surface area contributed by atoms with Gasteiger partial charge in [-0.15, -0.1) is 0 Å². The highest BCUT2D eigenvalue weighted by Gasteiger charge is 2.28. The molecule has 4 atom stereocenters. The number of aliphatic hydroxyl groups excluding tert-OH is 4. The molecule has 0 radical (unpaired) electrons. The molecular formula is C61H119NO5. The Morgan fingerprint density at radius 2 is 0.642 bits per heavy atom. The van der Waals surface area contributed by atoms with Crippen LogP contribution in [0.3, 0.4) is 0 Å². The van der Waals surface area contributed by atoms with Crippen LogP contribution in [0.5, 0.6) is 0 Å². The van der Waals surface area contributed by atoms with Crippen molar-refractivity contribution in [1.29, 1.82) is 0 Å². The molecule has 0 bridgehead atoms. The first-order valence-corrected chi connectivity index (χ1v) is 30.2. The first-order chi connectivity index (χ1) is 33.0. The molecule has 0 rings (SSSR count).